The summed E-state index contributed by atoms with van der Waals surface area (Å²) in [5, 5.41) is 0. The van der Waals surface area contributed by atoms with Crippen molar-refractivity contribution in [2.45, 2.75) is 26.5 Å². The molecular weight excluding hydrogens is 280 g/mol. The summed E-state index contributed by atoms with van der Waals surface area (Å²) >= 11 is 0. The van der Waals surface area contributed by atoms with Gasteiger partial charge in [0.25, 0.3) is 6.01 Å². The van der Waals surface area contributed by atoms with E-state index in [0.29, 0.717) is 29.6 Å². The monoisotopic (exact) mass is 298 g/mol. The highest BCUT2D eigenvalue weighted by Gasteiger charge is 2.18. The molecule has 0 fully saturated rings. The molecule has 0 atom stereocenters. The molecule has 0 N–H and O–H groups in total. The van der Waals surface area contributed by atoms with E-state index in [1.807, 2.05) is 36.6 Å². The van der Waals surface area contributed by atoms with Gasteiger partial charge < -0.3 is 9.47 Å². The predicted molar refractivity (Wildman–Crippen MR) is 83.2 cm³/mol. The van der Waals surface area contributed by atoms with Crippen molar-refractivity contribution < 1.29 is 9.47 Å². The first-order chi connectivity index (χ1) is 10.7. The summed E-state index contributed by atoms with van der Waals surface area (Å²) in [7, 11) is 1.57. The van der Waals surface area contributed by atoms with Gasteiger partial charge in [0.15, 0.2) is 11.2 Å². The highest BCUT2D eigenvalue weighted by Crippen LogP contribution is 2.26. The van der Waals surface area contributed by atoms with Crippen molar-refractivity contribution in [3.05, 3.63) is 42.2 Å². The average Bonchev–Trinajstić information content (AvgIpc) is 2.85. The lowest BCUT2D eigenvalue weighted by Crippen LogP contribution is -2.11. The lowest BCUT2D eigenvalue weighted by atomic mass is 10.2. The maximum atomic E-state index is 5.83. The summed E-state index contributed by atoms with van der Waals surface area (Å²) in [5.41, 5.74) is 2.45. The van der Waals surface area contributed by atoms with Crippen LogP contribution in [0.3, 0.4) is 0 Å². The number of hydrogen-bond donors (Lipinski definition) is 0. The van der Waals surface area contributed by atoms with Crippen LogP contribution in [0.4, 0.5) is 0 Å². The minimum absolute atomic E-state index is 0.0188. The van der Waals surface area contributed by atoms with Crippen LogP contribution in [0.1, 0.15) is 19.4 Å². The van der Waals surface area contributed by atoms with Crippen LogP contribution in [0.2, 0.25) is 0 Å². The van der Waals surface area contributed by atoms with Gasteiger partial charge in [-0.15, -0.1) is 0 Å². The summed E-state index contributed by atoms with van der Waals surface area (Å²) in [6, 6.07) is 10.6. The molecule has 1 aromatic carbocycles. The van der Waals surface area contributed by atoms with Gasteiger partial charge in [0.2, 0.25) is 5.88 Å². The fourth-order valence-corrected chi connectivity index (χ4v) is 2.25. The van der Waals surface area contributed by atoms with E-state index in [9.17, 15) is 0 Å². The van der Waals surface area contributed by atoms with E-state index in [4.69, 9.17) is 9.47 Å². The standard InChI is InChI=1S/C16H18N4O2/c1-11(2)22-16-19-13-14(17-10-18-15(13)21-3)20(16)9-12-7-5-4-6-8-12/h4-8,10-11H,9H2,1-3H3. The van der Waals surface area contributed by atoms with Gasteiger partial charge in [0, 0.05) is 0 Å². The molecule has 0 amide bonds. The van der Waals surface area contributed by atoms with Gasteiger partial charge in [-0.05, 0) is 19.4 Å². The molecule has 114 valence electrons. The van der Waals surface area contributed by atoms with Crippen LogP contribution in [0.15, 0.2) is 36.7 Å². The Morgan fingerprint density at radius 1 is 1.14 bits per heavy atom. The summed E-state index contributed by atoms with van der Waals surface area (Å²) in [4.78, 5) is 13.0. The molecule has 0 spiro atoms. The molecule has 0 aliphatic carbocycles. The topological polar surface area (TPSA) is 62.1 Å². The zero-order valence-electron chi connectivity index (χ0n) is 12.9. The Morgan fingerprint density at radius 3 is 2.59 bits per heavy atom. The van der Waals surface area contributed by atoms with Gasteiger partial charge in [-0.1, -0.05) is 30.3 Å². The summed E-state index contributed by atoms with van der Waals surface area (Å²) in [6.45, 7) is 4.56. The normalized spacial score (nSPS) is 11.1. The quantitative estimate of drug-likeness (QED) is 0.724. The first kappa shape index (κ1) is 14.3. The summed E-state index contributed by atoms with van der Waals surface area (Å²) < 4.78 is 13.0. The maximum Gasteiger partial charge on any atom is 0.299 e. The first-order valence-electron chi connectivity index (χ1n) is 7.15. The Labute approximate surface area is 128 Å². The fourth-order valence-electron chi connectivity index (χ4n) is 2.25. The van der Waals surface area contributed by atoms with E-state index in [1.165, 1.54) is 6.33 Å². The van der Waals surface area contributed by atoms with E-state index in [-0.39, 0.29) is 6.10 Å². The zero-order chi connectivity index (χ0) is 15.5. The van der Waals surface area contributed by atoms with Crippen molar-refractivity contribution in [3.8, 4) is 11.9 Å². The minimum atomic E-state index is 0.0188. The predicted octanol–water partition coefficient (Wildman–Crippen LogP) is 2.67. The van der Waals surface area contributed by atoms with Gasteiger partial charge in [-0.3, -0.25) is 4.57 Å². The number of hydrogen-bond acceptors (Lipinski definition) is 5. The summed E-state index contributed by atoms with van der Waals surface area (Å²) in [5.74, 6) is 0.449. The highest BCUT2D eigenvalue weighted by molar-refractivity contribution is 5.77. The largest absolute Gasteiger partial charge is 0.479 e. The lowest BCUT2D eigenvalue weighted by molar-refractivity contribution is 0.214. The average molecular weight is 298 g/mol. The van der Waals surface area contributed by atoms with Crippen LogP contribution >= 0.6 is 0 Å². The molecule has 6 nitrogen and oxygen atoms in total. The molecule has 22 heavy (non-hydrogen) atoms. The number of imidazole rings is 1. The van der Waals surface area contributed by atoms with Crippen LogP contribution in [-0.2, 0) is 6.54 Å². The molecule has 0 saturated heterocycles. The van der Waals surface area contributed by atoms with Crippen molar-refractivity contribution in [2.24, 2.45) is 0 Å². The second kappa shape index (κ2) is 6.01. The maximum absolute atomic E-state index is 5.83. The van der Waals surface area contributed by atoms with E-state index in [1.54, 1.807) is 7.11 Å². The van der Waals surface area contributed by atoms with Crippen molar-refractivity contribution in [2.75, 3.05) is 7.11 Å². The van der Waals surface area contributed by atoms with Gasteiger partial charge in [0.1, 0.15) is 6.33 Å². The van der Waals surface area contributed by atoms with E-state index in [2.05, 4.69) is 27.1 Å². The van der Waals surface area contributed by atoms with Gasteiger partial charge in [0.05, 0.1) is 19.8 Å². The number of aromatic nitrogens is 4. The van der Waals surface area contributed by atoms with Crippen LogP contribution in [0, 0.1) is 0 Å². The molecule has 0 aliphatic rings. The van der Waals surface area contributed by atoms with Crippen LogP contribution in [0.5, 0.6) is 11.9 Å². The van der Waals surface area contributed by atoms with Crippen LogP contribution in [-0.4, -0.2) is 32.7 Å². The lowest BCUT2D eigenvalue weighted by Gasteiger charge is -2.11. The minimum Gasteiger partial charge on any atom is -0.479 e. The Hall–Kier alpha value is -2.63. The number of methoxy groups -OCH3 is 1. The zero-order valence-corrected chi connectivity index (χ0v) is 12.9. The van der Waals surface area contributed by atoms with Gasteiger partial charge in [-0.25, -0.2) is 4.98 Å². The van der Waals surface area contributed by atoms with Gasteiger partial charge in [-0.2, -0.15) is 9.97 Å². The molecule has 2 aromatic heterocycles. The molecule has 6 heteroatoms. The van der Waals surface area contributed by atoms with E-state index in [0.717, 1.165) is 5.56 Å². The van der Waals surface area contributed by atoms with Crippen LogP contribution < -0.4 is 9.47 Å². The highest BCUT2D eigenvalue weighted by atomic mass is 16.5. The molecule has 0 bridgehead atoms. The Morgan fingerprint density at radius 2 is 1.91 bits per heavy atom. The second-order valence-corrected chi connectivity index (χ2v) is 5.19. The van der Waals surface area contributed by atoms with Crippen molar-refractivity contribution in [3.63, 3.8) is 0 Å². The van der Waals surface area contributed by atoms with Crippen molar-refractivity contribution in [1.29, 1.82) is 0 Å². The fraction of sp³-hybridized carbons (Fsp3) is 0.312. The van der Waals surface area contributed by atoms with Gasteiger partial charge >= 0.3 is 0 Å². The third-order valence-electron chi connectivity index (χ3n) is 3.18. The number of rotatable bonds is 5. The first-order valence-corrected chi connectivity index (χ1v) is 7.15. The number of nitrogens with zero attached hydrogens (tertiary/aromatic N) is 4. The third-order valence-corrected chi connectivity index (χ3v) is 3.18. The Balaban J connectivity index is 2.12. The van der Waals surface area contributed by atoms with Crippen molar-refractivity contribution >= 4 is 11.2 Å². The molecular formula is C16H18N4O2. The Bertz CT molecular complexity index is 768. The SMILES string of the molecule is COc1ncnc2c1nc(OC(C)C)n2Cc1ccccc1. The smallest absolute Gasteiger partial charge is 0.299 e. The number of ether oxygens (including phenoxy) is 2. The second-order valence-electron chi connectivity index (χ2n) is 5.19. The number of fused-ring (bicyclic) bond motifs is 1. The molecule has 0 unspecified atom stereocenters. The molecule has 0 radical (unpaired) electrons. The molecule has 0 aliphatic heterocycles. The molecule has 3 aromatic rings. The van der Waals surface area contributed by atoms with E-state index >= 15 is 0 Å². The summed E-state index contributed by atoms with van der Waals surface area (Å²) in [6.07, 6.45) is 1.49. The number of benzene rings is 1. The third kappa shape index (κ3) is 2.72. The molecule has 3 rings (SSSR count). The molecule has 2 heterocycles. The molecule has 0 saturated carbocycles. The van der Waals surface area contributed by atoms with Crippen molar-refractivity contribution in [1.82, 2.24) is 19.5 Å². The Kier molecular flexibility index (Phi) is 3.91. The van der Waals surface area contributed by atoms with E-state index < -0.39 is 0 Å². The van der Waals surface area contributed by atoms with Crippen LogP contribution in [0.25, 0.3) is 11.2 Å².